The van der Waals surface area contributed by atoms with Gasteiger partial charge >= 0.3 is 6.07 Å². The van der Waals surface area contributed by atoms with Gasteiger partial charge in [0, 0.05) is 12.5 Å². The van der Waals surface area contributed by atoms with Crippen molar-refractivity contribution in [2.75, 3.05) is 19.8 Å². The molecule has 0 aromatic carbocycles. The van der Waals surface area contributed by atoms with Crippen LogP contribution in [0.1, 0.15) is 6.42 Å². The van der Waals surface area contributed by atoms with E-state index in [-0.39, 0.29) is 0 Å². The van der Waals surface area contributed by atoms with Gasteiger partial charge < -0.3 is 9.26 Å². The van der Waals surface area contributed by atoms with E-state index < -0.39 is 6.07 Å². The number of halogens is 2. The first-order chi connectivity index (χ1) is 5.08. The van der Waals surface area contributed by atoms with Crippen molar-refractivity contribution in [2.24, 2.45) is 5.92 Å². The summed E-state index contributed by atoms with van der Waals surface area (Å²) >= 11 is 10.3. The van der Waals surface area contributed by atoms with Crippen LogP contribution in [-0.2, 0) is 13.8 Å². The van der Waals surface area contributed by atoms with E-state index in [1.165, 1.54) is 0 Å². The van der Waals surface area contributed by atoms with Crippen molar-refractivity contribution in [1.82, 2.24) is 0 Å². The van der Waals surface area contributed by atoms with Crippen LogP contribution >= 0.6 is 28.6 Å². The lowest BCUT2D eigenvalue weighted by molar-refractivity contribution is 0.170. The average molecular weight is 219 g/mol. The highest BCUT2D eigenvalue weighted by Gasteiger charge is 2.21. The smallest absolute Gasteiger partial charge is 0.380 e. The Hall–Kier alpha value is 0.730. The van der Waals surface area contributed by atoms with Gasteiger partial charge in [-0.25, -0.2) is 0 Å². The van der Waals surface area contributed by atoms with E-state index >= 15 is 0 Å². The van der Waals surface area contributed by atoms with E-state index in [0.29, 0.717) is 19.1 Å². The predicted octanol–water partition coefficient (Wildman–Crippen LogP) is 2.63. The summed E-state index contributed by atoms with van der Waals surface area (Å²) in [6.45, 7) is 1.71. The Morgan fingerprint density at radius 1 is 1.64 bits per heavy atom. The Morgan fingerprint density at radius 2 is 2.36 bits per heavy atom. The van der Waals surface area contributed by atoms with E-state index in [2.05, 4.69) is 0 Å². The third-order valence-corrected chi connectivity index (χ3v) is 2.52. The minimum Gasteiger partial charge on any atom is -0.381 e. The molecule has 0 aromatic rings. The molecule has 1 fully saturated rings. The van der Waals surface area contributed by atoms with Crippen LogP contribution < -0.4 is 0 Å². The molecule has 1 heterocycles. The summed E-state index contributed by atoms with van der Waals surface area (Å²) in [4.78, 5) is 0. The van der Waals surface area contributed by atoms with Crippen molar-refractivity contribution in [3.05, 3.63) is 0 Å². The molecule has 11 heavy (non-hydrogen) atoms. The largest absolute Gasteiger partial charge is 0.381 e. The third kappa shape index (κ3) is 4.34. The summed E-state index contributed by atoms with van der Waals surface area (Å²) in [7, 11) is 0. The molecule has 1 aliphatic heterocycles. The zero-order valence-electron chi connectivity index (χ0n) is 5.83. The van der Waals surface area contributed by atoms with Crippen LogP contribution in [0.2, 0.25) is 0 Å². The second-order valence-corrected chi connectivity index (χ2v) is 6.72. The molecule has 1 aliphatic rings. The van der Waals surface area contributed by atoms with Crippen LogP contribution in [0.25, 0.3) is 0 Å². The van der Waals surface area contributed by atoms with E-state index in [1.807, 2.05) is 0 Å². The lowest BCUT2D eigenvalue weighted by atomic mass is 10.1. The molecule has 6 heteroatoms. The molecule has 1 unspecified atom stereocenters. The van der Waals surface area contributed by atoms with Gasteiger partial charge in [-0.15, -0.1) is 0 Å². The third-order valence-electron chi connectivity index (χ3n) is 1.48. The molecule has 1 rings (SSSR count). The normalized spacial score (nSPS) is 25.8. The summed E-state index contributed by atoms with van der Waals surface area (Å²) in [5.41, 5.74) is 0. The van der Waals surface area contributed by atoms with Crippen molar-refractivity contribution in [3.8, 4) is 0 Å². The zero-order chi connectivity index (χ0) is 8.32. The summed E-state index contributed by atoms with van der Waals surface area (Å²) < 4.78 is 20.4. The SMILES string of the molecule is O=P(Cl)(Cl)OCC1CCOC1. The quantitative estimate of drug-likeness (QED) is 0.684. The first kappa shape index (κ1) is 9.82. The maximum Gasteiger partial charge on any atom is 0.380 e. The van der Waals surface area contributed by atoms with Gasteiger partial charge in [-0.1, -0.05) is 0 Å². The van der Waals surface area contributed by atoms with Gasteiger partial charge in [0.25, 0.3) is 0 Å². The minimum atomic E-state index is -3.33. The average Bonchev–Trinajstić information content (AvgIpc) is 2.32. The fourth-order valence-corrected chi connectivity index (χ4v) is 1.63. The maximum atomic E-state index is 10.6. The standard InChI is InChI=1S/C5H9Cl2O3P/c6-11(7,8)10-4-5-1-2-9-3-5/h5H,1-4H2. The van der Waals surface area contributed by atoms with E-state index in [0.717, 1.165) is 13.0 Å². The van der Waals surface area contributed by atoms with Crippen LogP contribution in [0.5, 0.6) is 0 Å². The highest BCUT2D eigenvalue weighted by molar-refractivity contribution is 8.05. The fraction of sp³-hybridized carbons (Fsp3) is 1.00. The minimum absolute atomic E-state index is 0.292. The molecule has 0 radical (unpaired) electrons. The van der Waals surface area contributed by atoms with Crippen LogP contribution in [0.3, 0.4) is 0 Å². The monoisotopic (exact) mass is 218 g/mol. The Bertz CT molecular complexity index is 163. The summed E-state index contributed by atoms with van der Waals surface area (Å²) in [6.07, 6.45) is -2.40. The summed E-state index contributed by atoms with van der Waals surface area (Å²) in [5, 5.41) is 0. The van der Waals surface area contributed by atoms with Gasteiger partial charge in [0.1, 0.15) is 0 Å². The number of hydrogen-bond donors (Lipinski definition) is 0. The van der Waals surface area contributed by atoms with Crippen molar-refractivity contribution in [1.29, 1.82) is 0 Å². The van der Waals surface area contributed by atoms with Crippen LogP contribution in [0, 0.1) is 5.92 Å². The number of hydrogen-bond acceptors (Lipinski definition) is 3. The van der Waals surface area contributed by atoms with Crippen molar-refractivity contribution in [2.45, 2.75) is 6.42 Å². The molecule has 0 amide bonds. The van der Waals surface area contributed by atoms with E-state index in [9.17, 15) is 4.57 Å². The lowest BCUT2D eigenvalue weighted by Gasteiger charge is -2.07. The molecular formula is C5H9Cl2O3P. The predicted molar refractivity (Wildman–Crippen MR) is 44.2 cm³/mol. The topological polar surface area (TPSA) is 35.5 Å². The van der Waals surface area contributed by atoms with Gasteiger partial charge in [-0.05, 0) is 28.9 Å². The lowest BCUT2D eigenvalue weighted by Crippen LogP contribution is -2.06. The first-order valence-electron chi connectivity index (χ1n) is 3.29. The second kappa shape index (κ2) is 4.11. The van der Waals surface area contributed by atoms with Gasteiger partial charge in [0.05, 0.1) is 13.2 Å². The van der Waals surface area contributed by atoms with Gasteiger partial charge in [-0.2, -0.15) is 0 Å². The molecule has 0 saturated carbocycles. The summed E-state index contributed by atoms with van der Waals surface area (Å²) in [5.74, 6) is 0.292. The van der Waals surface area contributed by atoms with Crippen molar-refractivity contribution in [3.63, 3.8) is 0 Å². The number of rotatable bonds is 3. The molecule has 0 bridgehead atoms. The Morgan fingerprint density at radius 3 is 2.82 bits per heavy atom. The van der Waals surface area contributed by atoms with Crippen LogP contribution in [0.15, 0.2) is 0 Å². The Labute approximate surface area is 75.0 Å². The number of ether oxygens (including phenoxy) is 1. The van der Waals surface area contributed by atoms with E-state index in [4.69, 9.17) is 31.7 Å². The fourth-order valence-electron chi connectivity index (χ4n) is 0.907. The molecule has 0 N–H and O–H groups in total. The molecule has 0 aromatic heterocycles. The molecule has 3 nitrogen and oxygen atoms in total. The highest BCUT2D eigenvalue weighted by atomic mass is 35.9. The van der Waals surface area contributed by atoms with Crippen LogP contribution in [-0.4, -0.2) is 19.8 Å². The van der Waals surface area contributed by atoms with E-state index in [1.54, 1.807) is 0 Å². The van der Waals surface area contributed by atoms with Gasteiger partial charge in [0.15, 0.2) is 0 Å². The molecule has 1 atom stereocenters. The molecule has 0 spiro atoms. The first-order valence-corrected chi connectivity index (χ1v) is 6.73. The highest BCUT2D eigenvalue weighted by Crippen LogP contribution is 2.57. The Balaban J connectivity index is 2.16. The van der Waals surface area contributed by atoms with Crippen molar-refractivity contribution >= 4 is 28.6 Å². The van der Waals surface area contributed by atoms with Crippen LogP contribution in [0.4, 0.5) is 0 Å². The second-order valence-electron chi connectivity index (χ2n) is 2.44. The Kier molecular flexibility index (Phi) is 3.66. The molecular weight excluding hydrogens is 210 g/mol. The summed E-state index contributed by atoms with van der Waals surface area (Å²) in [6, 6.07) is 0. The molecule has 66 valence electrons. The molecule has 1 saturated heterocycles. The zero-order valence-corrected chi connectivity index (χ0v) is 8.24. The maximum absolute atomic E-state index is 10.6. The van der Waals surface area contributed by atoms with Gasteiger partial charge in [0.2, 0.25) is 0 Å². The van der Waals surface area contributed by atoms with Gasteiger partial charge in [-0.3, -0.25) is 4.57 Å². The van der Waals surface area contributed by atoms with Crippen molar-refractivity contribution < 1.29 is 13.8 Å². The molecule has 0 aliphatic carbocycles.